The molecule has 0 unspecified atom stereocenters. The van der Waals surface area contributed by atoms with Gasteiger partial charge in [0.25, 0.3) is 5.91 Å². The second-order valence-electron chi connectivity index (χ2n) is 6.43. The summed E-state index contributed by atoms with van der Waals surface area (Å²) in [5.41, 5.74) is 1.34. The van der Waals surface area contributed by atoms with E-state index in [0.717, 1.165) is 49.8 Å². The average Bonchev–Trinajstić information content (AvgIpc) is 3.08. The summed E-state index contributed by atoms with van der Waals surface area (Å²) >= 11 is 1.65. The van der Waals surface area contributed by atoms with Crippen LogP contribution in [0.5, 0.6) is 0 Å². The largest absolute Gasteiger partial charge is 0.366 e. The van der Waals surface area contributed by atoms with Crippen molar-refractivity contribution in [3.8, 4) is 0 Å². The number of anilines is 2. The van der Waals surface area contributed by atoms with Crippen LogP contribution in [0.15, 0.2) is 30.5 Å². The van der Waals surface area contributed by atoms with Gasteiger partial charge in [-0.25, -0.2) is 4.98 Å². The van der Waals surface area contributed by atoms with Crippen LogP contribution in [0.25, 0.3) is 0 Å². The van der Waals surface area contributed by atoms with E-state index in [4.69, 9.17) is 0 Å². The first-order valence-electron chi connectivity index (χ1n) is 8.51. The van der Waals surface area contributed by atoms with Crippen LogP contribution >= 0.6 is 11.3 Å². The maximum Gasteiger partial charge on any atom is 0.264 e. The van der Waals surface area contributed by atoms with Crippen molar-refractivity contribution in [3.63, 3.8) is 0 Å². The van der Waals surface area contributed by atoms with Crippen molar-refractivity contribution in [2.75, 3.05) is 49.6 Å². The Kier molecular flexibility index (Phi) is 4.14. The Morgan fingerprint density at radius 1 is 1.17 bits per heavy atom. The van der Waals surface area contributed by atoms with Crippen LogP contribution in [0.2, 0.25) is 0 Å². The van der Waals surface area contributed by atoms with E-state index in [1.54, 1.807) is 11.3 Å². The van der Waals surface area contributed by atoms with Gasteiger partial charge in [-0.15, -0.1) is 11.3 Å². The van der Waals surface area contributed by atoms with Crippen LogP contribution in [0.1, 0.15) is 21.7 Å². The molecular formula is C18H22N4OS. The van der Waals surface area contributed by atoms with Crippen LogP contribution in [0.4, 0.5) is 10.8 Å². The molecule has 1 saturated heterocycles. The number of rotatable bonds is 2. The summed E-state index contributed by atoms with van der Waals surface area (Å²) in [4.78, 5) is 24.6. The minimum absolute atomic E-state index is 0.184. The highest BCUT2D eigenvalue weighted by Crippen LogP contribution is 2.35. The van der Waals surface area contributed by atoms with Gasteiger partial charge in [0.05, 0.1) is 9.88 Å². The first kappa shape index (κ1) is 15.4. The maximum atomic E-state index is 12.9. The van der Waals surface area contributed by atoms with Gasteiger partial charge in [0.15, 0.2) is 0 Å². The quantitative estimate of drug-likeness (QED) is 0.841. The van der Waals surface area contributed by atoms with Gasteiger partial charge in [-0.1, -0.05) is 6.07 Å². The van der Waals surface area contributed by atoms with E-state index in [-0.39, 0.29) is 5.91 Å². The van der Waals surface area contributed by atoms with Crippen LogP contribution in [-0.2, 0) is 6.42 Å². The van der Waals surface area contributed by atoms with Gasteiger partial charge in [-0.3, -0.25) is 4.79 Å². The number of carbonyl (C=O) groups is 1. The summed E-state index contributed by atoms with van der Waals surface area (Å²) in [7, 11) is 2.12. The summed E-state index contributed by atoms with van der Waals surface area (Å²) in [6, 6.07) is 8.08. The number of pyridine rings is 1. The highest BCUT2D eigenvalue weighted by Gasteiger charge is 2.26. The predicted octanol–water partition coefficient (Wildman–Crippen LogP) is 2.49. The zero-order chi connectivity index (χ0) is 16.5. The van der Waals surface area contributed by atoms with Crippen LogP contribution in [0.3, 0.4) is 0 Å². The molecule has 2 aliphatic heterocycles. The van der Waals surface area contributed by atoms with Crippen molar-refractivity contribution in [1.29, 1.82) is 0 Å². The number of fused-ring (bicyclic) bond motifs is 1. The first-order valence-corrected chi connectivity index (χ1v) is 9.33. The van der Waals surface area contributed by atoms with Crippen molar-refractivity contribution in [3.05, 3.63) is 40.9 Å². The Balaban J connectivity index is 1.43. The summed E-state index contributed by atoms with van der Waals surface area (Å²) in [5, 5.41) is 1.27. The zero-order valence-corrected chi connectivity index (χ0v) is 14.8. The minimum Gasteiger partial charge on any atom is -0.366 e. The molecule has 0 saturated carbocycles. The number of nitrogens with zero attached hydrogens (tertiary/aromatic N) is 4. The third-order valence-corrected chi connectivity index (χ3v) is 6.10. The van der Waals surface area contributed by atoms with Crippen molar-refractivity contribution in [2.24, 2.45) is 0 Å². The SMILES string of the molecule is CN1CCCc2cc(C(=O)N3CCN(c4ccccn4)CC3)sc21. The Bertz CT molecular complexity index is 722. The first-order chi connectivity index (χ1) is 11.7. The van der Waals surface area contributed by atoms with Crippen molar-refractivity contribution in [2.45, 2.75) is 12.8 Å². The lowest BCUT2D eigenvalue weighted by Gasteiger charge is -2.35. The Labute approximate surface area is 146 Å². The number of piperazine rings is 1. The number of aromatic nitrogens is 1. The molecular weight excluding hydrogens is 320 g/mol. The van der Waals surface area contributed by atoms with Crippen LogP contribution in [0, 0.1) is 0 Å². The molecule has 4 heterocycles. The Hall–Kier alpha value is -2.08. The van der Waals surface area contributed by atoms with Gasteiger partial charge in [-0.2, -0.15) is 0 Å². The van der Waals surface area contributed by atoms with Gasteiger partial charge < -0.3 is 14.7 Å². The van der Waals surface area contributed by atoms with Gasteiger partial charge in [0.1, 0.15) is 5.82 Å². The number of hydrogen-bond acceptors (Lipinski definition) is 5. The van der Waals surface area contributed by atoms with Crippen LogP contribution in [-0.4, -0.2) is 55.6 Å². The van der Waals surface area contributed by atoms with Crippen LogP contribution < -0.4 is 9.80 Å². The molecule has 0 aromatic carbocycles. The van der Waals surface area contributed by atoms with E-state index in [2.05, 4.69) is 27.9 Å². The van der Waals surface area contributed by atoms with Gasteiger partial charge >= 0.3 is 0 Å². The second kappa shape index (κ2) is 6.43. The van der Waals surface area contributed by atoms with E-state index >= 15 is 0 Å². The molecule has 2 aromatic rings. The number of thiophene rings is 1. The van der Waals surface area contributed by atoms with Crippen molar-refractivity contribution >= 4 is 28.1 Å². The third-order valence-electron chi connectivity index (χ3n) is 4.82. The second-order valence-corrected chi connectivity index (χ2v) is 7.46. The fraction of sp³-hybridized carbons (Fsp3) is 0.444. The van der Waals surface area contributed by atoms with Crippen molar-refractivity contribution in [1.82, 2.24) is 9.88 Å². The van der Waals surface area contributed by atoms with Crippen molar-refractivity contribution < 1.29 is 4.79 Å². The molecule has 1 fully saturated rings. The lowest BCUT2D eigenvalue weighted by atomic mass is 10.1. The summed E-state index contributed by atoms with van der Waals surface area (Å²) in [6.45, 7) is 4.28. The van der Waals surface area contributed by atoms with Gasteiger partial charge in [-0.05, 0) is 36.6 Å². The Morgan fingerprint density at radius 3 is 2.71 bits per heavy atom. The molecule has 24 heavy (non-hydrogen) atoms. The predicted molar refractivity (Wildman–Crippen MR) is 98.3 cm³/mol. The number of amides is 1. The molecule has 0 bridgehead atoms. The molecule has 1 amide bonds. The molecule has 0 aliphatic carbocycles. The van der Waals surface area contributed by atoms with Gasteiger partial charge in [0, 0.05) is 46.0 Å². The molecule has 2 aromatic heterocycles. The van der Waals surface area contributed by atoms with E-state index in [9.17, 15) is 4.79 Å². The fourth-order valence-electron chi connectivity index (χ4n) is 3.47. The zero-order valence-electron chi connectivity index (χ0n) is 13.9. The monoisotopic (exact) mass is 342 g/mol. The highest BCUT2D eigenvalue weighted by atomic mass is 32.1. The minimum atomic E-state index is 0.184. The molecule has 0 atom stereocenters. The molecule has 6 heteroatoms. The highest BCUT2D eigenvalue weighted by molar-refractivity contribution is 7.18. The molecule has 0 radical (unpaired) electrons. The summed E-state index contributed by atoms with van der Waals surface area (Å²) in [5.74, 6) is 1.18. The Morgan fingerprint density at radius 2 is 2.00 bits per heavy atom. The topological polar surface area (TPSA) is 39.7 Å². The van der Waals surface area contributed by atoms with E-state index in [0.29, 0.717) is 0 Å². The lowest BCUT2D eigenvalue weighted by molar-refractivity contribution is 0.0751. The average molecular weight is 342 g/mol. The molecule has 2 aliphatic rings. The number of hydrogen-bond donors (Lipinski definition) is 0. The molecule has 126 valence electrons. The van der Waals surface area contributed by atoms with E-state index in [1.165, 1.54) is 17.0 Å². The number of aryl methyl sites for hydroxylation is 1. The summed E-state index contributed by atoms with van der Waals surface area (Å²) < 4.78 is 0. The molecule has 4 rings (SSSR count). The third kappa shape index (κ3) is 2.86. The van der Waals surface area contributed by atoms with Gasteiger partial charge in [0.2, 0.25) is 0 Å². The standard InChI is InChI=1S/C18H22N4OS/c1-20-8-4-5-14-13-15(24-18(14)20)17(23)22-11-9-21(10-12-22)16-6-2-3-7-19-16/h2-3,6-7,13H,4-5,8-12H2,1H3. The fourth-order valence-corrected chi connectivity index (χ4v) is 4.64. The number of carbonyl (C=O) groups excluding carboxylic acids is 1. The molecule has 5 nitrogen and oxygen atoms in total. The smallest absolute Gasteiger partial charge is 0.264 e. The maximum absolute atomic E-state index is 12.9. The van der Waals surface area contributed by atoms with E-state index in [1.807, 2.05) is 29.3 Å². The summed E-state index contributed by atoms with van der Waals surface area (Å²) in [6.07, 6.45) is 4.09. The van der Waals surface area contributed by atoms with E-state index < -0.39 is 0 Å². The molecule has 0 spiro atoms. The lowest BCUT2D eigenvalue weighted by Crippen LogP contribution is -2.48. The molecule has 0 N–H and O–H groups in total. The normalized spacial score (nSPS) is 17.8.